The molecule has 0 spiro atoms. The van der Waals surface area contributed by atoms with Crippen LogP contribution in [0, 0.1) is 0 Å². The molecule has 6 heteroatoms. The van der Waals surface area contributed by atoms with E-state index >= 15 is 0 Å². The Bertz CT molecular complexity index is 730. The van der Waals surface area contributed by atoms with Gasteiger partial charge in [0.2, 0.25) is 5.88 Å². The number of nitrogens with one attached hydrogen (secondary N) is 2. The van der Waals surface area contributed by atoms with Crippen molar-refractivity contribution in [3.8, 4) is 5.88 Å². The minimum atomic E-state index is -0.255. The number of rotatable bonds is 7. The van der Waals surface area contributed by atoms with E-state index in [0.717, 1.165) is 29.7 Å². The summed E-state index contributed by atoms with van der Waals surface area (Å²) in [6.07, 6.45) is 6.61. The molecule has 6 nitrogen and oxygen atoms in total. The number of anilines is 1. The third kappa shape index (κ3) is 5.46. The zero-order valence-electron chi connectivity index (χ0n) is 15.0. The first kappa shape index (κ1) is 18.2. The Balaban J connectivity index is 1.50. The summed E-state index contributed by atoms with van der Waals surface area (Å²) in [5.74, 6) is 0.629. The van der Waals surface area contributed by atoms with Crippen LogP contribution in [0.25, 0.3) is 0 Å². The first-order valence-corrected chi connectivity index (χ1v) is 8.97. The van der Waals surface area contributed by atoms with Crippen LogP contribution in [0.4, 0.5) is 10.5 Å². The van der Waals surface area contributed by atoms with Crippen molar-refractivity contribution >= 4 is 11.7 Å². The van der Waals surface area contributed by atoms with Gasteiger partial charge in [0.1, 0.15) is 6.10 Å². The third-order valence-electron chi connectivity index (χ3n) is 4.34. The van der Waals surface area contributed by atoms with Gasteiger partial charge in [-0.05, 0) is 55.0 Å². The van der Waals surface area contributed by atoms with E-state index in [2.05, 4.69) is 15.6 Å². The van der Waals surface area contributed by atoms with Gasteiger partial charge in [0.15, 0.2) is 0 Å². The Morgan fingerprint density at radius 3 is 2.85 bits per heavy atom. The molecule has 1 fully saturated rings. The van der Waals surface area contributed by atoms with Gasteiger partial charge in [-0.3, -0.25) is 0 Å². The number of benzene rings is 1. The van der Waals surface area contributed by atoms with Crippen LogP contribution < -0.4 is 15.4 Å². The lowest BCUT2D eigenvalue weighted by molar-refractivity contribution is 0.185. The number of aromatic nitrogens is 1. The largest absolute Gasteiger partial charge is 0.474 e. The number of carbonyl (C=O) groups excluding carboxylic acids is 1. The zero-order valence-corrected chi connectivity index (χ0v) is 15.0. The lowest BCUT2D eigenvalue weighted by Crippen LogP contribution is -2.28. The topological polar surface area (TPSA) is 72.5 Å². The molecule has 2 N–H and O–H groups in total. The van der Waals surface area contributed by atoms with Crippen molar-refractivity contribution in [3.63, 3.8) is 0 Å². The first-order chi connectivity index (χ1) is 12.7. The number of ether oxygens (including phenoxy) is 2. The summed E-state index contributed by atoms with van der Waals surface area (Å²) in [5, 5.41) is 5.69. The Kier molecular flexibility index (Phi) is 6.44. The fourth-order valence-corrected chi connectivity index (χ4v) is 3.06. The number of carbonyl (C=O) groups is 1. The van der Waals surface area contributed by atoms with Crippen LogP contribution in [-0.4, -0.2) is 24.2 Å². The Labute approximate surface area is 153 Å². The van der Waals surface area contributed by atoms with Crippen molar-refractivity contribution in [1.82, 2.24) is 10.3 Å². The predicted molar refractivity (Wildman–Crippen MR) is 100 cm³/mol. The maximum absolute atomic E-state index is 12.1. The van der Waals surface area contributed by atoms with Gasteiger partial charge in [0.25, 0.3) is 0 Å². The van der Waals surface area contributed by atoms with Crippen LogP contribution in [0.1, 0.15) is 36.8 Å². The molecule has 0 atom stereocenters. The molecular formula is C20H25N3O3. The molecule has 2 amide bonds. The number of urea groups is 1. The summed E-state index contributed by atoms with van der Waals surface area (Å²) in [7, 11) is 1.65. The number of hydrogen-bond acceptors (Lipinski definition) is 4. The minimum absolute atomic E-state index is 0.255. The van der Waals surface area contributed by atoms with Crippen molar-refractivity contribution in [2.24, 2.45) is 0 Å². The van der Waals surface area contributed by atoms with Crippen LogP contribution in [0.3, 0.4) is 0 Å². The smallest absolute Gasteiger partial charge is 0.319 e. The second kappa shape index (κ2) is 9.20. The zero-order chi connectivity index (χ0) is 18.2. The molecule has 138 valence electrons. The predicted octanol–water partition coefficient (Wildman–Crippen LogP) is 3.87. The maximum Gasteiger partial charge on any atom is 0.319 e. The molecule has 26 heavy (non-hydrogen) atoms. The van der Waals surface area contributed by atoms with Crippen molar-refractivity contribution in [3.05, 3.63) is 53.7 Å². The summed E-state index contributed by atoms with van der Waals surface area (Å²) in [4.78, 5) is 16.4. The lowest BCUT2D eigenvalue weighted by atomic mass is 10.2. The highest BCUT2D eigenvalue weighted by Gasteiger charge is 2.17. The molecule has 1 aliphatic rings. The van der Waals surface area contributed by atoms with Crippen molar-refractivity contribution < 1.29 is 14.3 Å². The van der Waals surface area contributed by atoms with E-state index < -0.39 is 0 Å². The average Bonchev–Trinajstić information content (AvgIpc) is 3.14. The Hall–Kier alpha value is -2.60. The molecule has 1 aromatic heterocycles. The van der Waals surface area contributed by atoms with Crippen LogP contribution in [0.15, 0.2) is 42.6 Å². The SMILES string of the molecule is COCc1cccc(NC(=O)NCc2ccnc(OC3CCCC3)c2)c1. The summed E-state index contributed by atoms with van der Waals surface area (Å²) in [6.45, 7) is 0.922. The van der Waals surface area contributed by atoms with Gasteiger partial charge in [-0.25, -0.2) is 9.78 Å². The van der Waals surface area contributed by atoms with E-state index in [1.165, 1.54) is 12.8 Å². The van der Waals surface area contributed by atoms with Crippen molar-refractivity contribution in [2.45, 2.75) is 44.9 Å². The van der Waals surface area contributed by atoms with E-state index in [0.29, 0.717) is 19.0 Å². The highest BCUT2D eigenvalue weighted by atomic mass is 16.5. The normalized spacial score (nSPS) is 14.2. The van der Waals surface area contributed by atoms with Gasteiger partial charge in [-0.15, -0.1) is 0 Å². The van der Waals surface area contributed by atoms with Crippen molar-refractivity contribution in [1.29, 1.82) is 0 Å². The lowest BCUT2D eigenvalue weighted by Gasteiger charge is -2.13. The van der Waals surface area contributed by atoms with Gasteiger partial charge in [0.05, 0.1) is 6.61 Å². The van der Waals surface area contributed by atoms with E-state index in [9.17, 15) is 4.79 Å². The second-order valence-electron chi connectivity index (χ2n) is 6.47. The molecule has 1 aliphatic carbocycles. The fourth-order valence-electron chi connectivity index (χ4n) is 3.06. The summed E-state index contributed by atoms with van der Waals surface area (Å²) < 4.78 is 11.0. The number of hydrogen-bond donors (Lipinski definition) is 2. The van der Waals surface area contributed by atoms with Crippen LogP contribution in [0.2, 0.25) is 0 Å². The minimum Gasteiger partial charge on any atom is -0.474 e. The van der Waals surface area contributed by atoms with Gasteiger partial charge in [-0.2, -0.15) is 0 Å². The highest BCUT2D eigenvalue weighted by Crippen LogP contribution is 2.23. The van der Waals surface area contributed by atoms with Gasteiger partial charge < -0.3 is 20.1 Å². The second-order valence-corrected chi connectivity index (χ2v) is 6.47. The molecule has 1 saturated carbocycles. The van der Waals surface area contributed by atoms with Crippen LogP contribution >= 0.6 is 0 Å². The molecule has 0 unspecified atom stereocenters. The van der Waals surface area contributed by atoms with E-state index in [1.807, 2.05) is 36.4 Å². The molecule has 0 saturated heterocycles. The molecular weight excluding hydrogens is 330 g/mol. The van der Waals surface area contributed by atoms with Crippen LogP contribution in [0.5, 0.6) is 5.88 Å². The Morgan fingerprint density at radius 1 is 1.19 bits per heavy atom. The molecule has 3 rings (SSSR count). The summed E-state index contributed by atoms with van der Waals surface area (Å²) in [6, 6.07) is 11.1. The monoisotopic (exact) mass is 355 g/mol. The van der Waals surface area contributed by atoms with Gasteiger partial charge in [0, 0.05) is 31.6 Å². The maximum atomic E-state index is 12.1. The Morgan fingerprint density at radius 2 is 2.04 bits per heavy atom. The molecule has 1 heterocycles. The number of amides is 2. The highest BCUT2D eigenvalue weighted by molar-refractivity contribution is 5.89. The molecule has 1 aromatic carbocycles. The number of nitrogens with zero attached hydrogens (tertiary/aromatic N) is 1. The quantitative estimate of drug-likeness (QED) is 0.791. The first-order valence-electron chi connectivity index (χ1n) is 8.97. The molecule has 0 radical (unpaired) electrons. The standard InChI is InChI=1S/C20H25N3O3/c1-25-14-16-5-4-6-17(11-16)23-20(24)22-13-15-9-10-21-19(12-15)26-18-7-2-3-8-18/h4-6,9-12,18H,2-3,7-8,13-14H2,1H3,(H2,22,23,24). The molecule has 0 bridgehead atoms. The van der Waals surface area contributed by atoms with E-state index in [1.54, 1.807) is 13.3 Å². The average molecular weight is 355 g/mol. The van der Waals surface area contributed by atoms with E-state index in [4.69, 9.17) is 9.47 Å². The van der Waals surface area contributed by atoms with E-state index in [-0.39, 0.29) is 12.1 Å². The summed E-state index contributed by atoms with van der Waals surface area (Å²) >= 11 is 0. The van der Waals surface area contributed by atoms with Crippen molar-refractivity contribution in [2.75, 3.05) is 12.4 Å². The van der Waals surface area contributed by atoms with Gasteiger partial charge >= 0.3 is 6.03 Å². The third-order valence-corrected chi connectivity index (χ3v) is 4.34. The van der Waals surface area contributed by atoms with Gasteiger partial charge in [-0.1, -0.05) is 12.1 Å². The van der Waals surface area contributed by atoms with Crippen LogP contribution in [-0.2, 0) is 17.9 Å². The summed E-state index contributed by atoms with van der Waals surface area (Å²) in [5.41, 5.74) is 2.70. The molecule has 0 aliphatic heterocycles. The molecule has 2 aromatic rings. The number of methoxy groups -OCH3 is 1. The number of pyridine rings is 1. The fraction of sp³-hybridized carbons (Fsp3) is 0.400.